The zero-order valence-corrected chi connectivity index (χ0v) is 9.81. The molecule has 17 heavy (non-hydrogen) atoms. The van der Waals surface area contributed by atoms with Gasteiger partial charge in [-0.2, -0.15) is 13.2 Å². The van der Waals surface area contributed by atoms with Gasteiger partial charge in [-0.3, -0.25) is 0 Å². The Morgan fingerprint density at radius 2 is 2.00 bits per heavy atom. The lowest BCUT2D eigenvalue weighted by atomic mass is 10.0. The molecular formula is C10H13ClF3NO2. The van der Waals surface area contributed by atoms with Crippen LogP contribution in [-0.4, -0.2) is 18.4 Å². The number of benzene rings is 1. The fraction of sp³-hybridized carbons (Fsp3) is 0.400. The minimum Gasteiger partial charge on any atom is -0.508 e. The van der Waals surface area contributed by atoms with Crippen LogP contribution >= 0.6 is 12.4 Å². The summed E-state index contributed by atoms with van der Waals surface area (Å²) in [6.45, 7) is 0. The Kier molecular flexibility index (Phi) is 5.57. The smallest absolute Gasteiger partial charge is 0.390 e. The summed E-state index contributed by atoms with van der Waals surface area (Å²) < 4.78 is 41.2. The largest absolute Gasteiger partial charge is 0.508 e. The van der Waals surface area contributed by atoms with E-state index in [1.807, 2.05) is 0 Å². The van der Waals surface area contributed by atoms with E-state index in [1.54, 1.807) is 0 Å². The average molecular weight is 272 g/mol. The molecule has 0 aliphatic carbocycles. The first-order chi connectivity index (χ1) is 7.33. The van der Waals surface area contributed by atoms with Crippen LogP contribution in [0.2, 0.25) is 0 Å². The normalized spacial score (nSPS) is 12.8. The Balaban J connectivity index is 0.00000256. The zero-order valence-electron chi connectivity index (χ0n) is 8.99. The molecule has 1 atom stereocenters. The van der Waals surface area contributed by atoms with Crippen molar-refractivity contribution in [1.29, 1.82) is 0 Å². The van der Waals surface area contributed by atoms with Gasteiger partial charge in [0.05, 0.1) is 13.5 Å². The van der Waals surface area contributed by atoms with Crippen LogP contribution in [0.15, 0.2) is 18.2 Å². The third kappa shape index (κ3) is 4.70. The van der Waals surface area contributed by atoms with Gasteiger partial charge in [0, 0.05) is 11.6 Å². The lowest BCUT2D eigenvalue weighted by Crippen LogP contribution is -2.20. The number of halogens is 4. The van der Waals surface area contributed by atoms with E-state index >= 15 is 0 Å². The third-order valence-corrected chi connectivity index (χ3v) is 2.09. The number of nitrogens with two attached hydrogens (primary N) is 1. The number of rotatable bonds is 3. The van der Waals surface area contributed by atoms with E-state index in [2.05, 4.69) is 0 Å². The molecule has 0 saturated heterocycles. The van der Waals surface area contributed by atoms with Gasteiger partial charge in [-0.1, -0.05) is 0 Å². The predicted octanol–water partition coefficient (Wildman–Crippen LogP) is 2.77. The molecule has 0 radical (unpaired) electrons. The van der Waals surface area contributed by atoms with Gasteiger partial charge in [-0.15, -0.1) is 12.4 Å². The van der Waals surface area contributed by atoms with Gasteiger partial charge in [0.15, 0.2) is 0 Å². The molecule has 0 aromatic heterocycles. The van der Waals surface area contributed by atoms with Gasteiger partial charge in [0.2, 0.25) is 0 Å². The van der Waals surface area contributed by atoms with E-state index in [-0.39, 0.29) is 23.7 Å². The highest BCUT2D eigenvalue weighted by atomic mass is 35.5. The number of hydrogen-bond donors (Lipinski definition) is 2. The quantitative estimate of drug-likeness (QED) is 0.889. The lowest BCUT2D eigenvalue weighted by Gasteiger charge is -2.16. The molecule has 3 nitrogen and oxygen atoms in total. The summed E-state index contributed by atoms with van der Waals surface area (Å²) in [5.74, 6) is 0.0861. The van der Waals surface area contributed by atoms with Gasteiger partial charge in [0.25, 0.3) is 0 Å². The molecule has 0 fully saturated rings. The van der Waals surface area contributed by atoms with Crippen molar-refractivity contribution in [3.63, 3.8) is 0 Å². The Hall–Kier alpha value is -1.14. The molecule has 0 spiro atoms. The Morgan fingerprint density at radius 3 is 2.47 bits per heavy atom. The van der Waals surface area contributed by atoms with E-state index in [1.165, 1.54) is 25.3 Å². The van der Waals surface area contributed by atoms with E-state index in [4.69, 9.17) is 10.5 Å². The van der Waals surface area contributed by atoms with Crippen molar-refractivity contribution in [1.82, 2.24) is 0 Å². The molecule has 1 aromatic carbocycles. The highest BCUT2D eigenvalue weighted by Gasteiger charge is 2.31. The first-order valence-electron chi connectivity index (χ1n) is 4.52. The minimum absolute atomic E-state index is 0. The second-order valence-electron chi connectivity index (χ2n) is 3.35. The van der Waals surface area contributed by atoms with E-state index in [0.29, 0.717) is 5.75 Å². The van der Waals surface area contributed by atoms with Crippen molar-refractivity contribution in [2.45, 2.75) is 18.6 Å². The molecule has 0 bridgehead atoms. The summed E-state index contributed by atoms with van der Waals surface area (Å²) in [6, 6.07) is 2.70. The summed E-state index contributed by atoms with van der Waals surface area (Å²) in [5, 5.41) is 9.39. The molecule has 0 saturated carbocycles. The molecule has 0 amide bonds. The molecule has 3 N–H and O–H groups in total. The number of alkyl halides is 3. The number of ether oxygens (including phenoxy) is 1. The summed E-state index contributed by atoms with van der Waals surface area (Å²) in [7, 11) is 1.38. The maximum absolute atomic E-state index is 12.1. The Morgan fingerprint density at radius 1 is 1.41 bits per heavy atom. The molecule has 7 heteroatoms. The van der Waals surface area contributed by atoms with Crippen molar-refractivity contribution in [3.05, 3.63) is 23.8 Å². The van der Waals surface area contributed by atoms with Gasteiger partial charge in [-0.05, 0) is 18.2 Å². The van der Waals surface area contributed by atoms with Crippen molar-refractivity contribution in [3.8, 4) is 11.5 Å². The topological polar surface area (TPSA) is 55.5 Å². The van der Waals surface area contributed by atoms with Crippen LogP contribution in [-0.2, 0) is 0 Å². The number of methoxy groups -OCH3 is 1. The molecule has 1 rings (SSSR count). The molecular weight excluding hydrogens is 259 g/mol. The van der Waals surface area contributed by atoms with Gasteiger partial charge < -0.3 is 15.6 Å². The zero-order chi connectivity index (χ0) is 12.3. The minimum atomic E-state index is -4.37. The Labute approximate surface area is 103 Å². The van der Waals surface area contributed by atoms with Crippen LogP contribution < -0.4 is 10.5 Å². The van der Waals surface area contributed by atoms with Crippen LogP contribution in [0.25, 0.3) is 0 Å². The SMILES string of the molecule is COc1ccc(O)c([C@H](N)CC(F)(F)F)c1.Cl. The Bertz CT molecular complexity index is 371. The van der Waals surface area contributed by atoms with Crippen molar-refractivity contribution < 1.29 is 23.0 Å². The molecule has 0 aliphatic heterocycles. The van der Waals surface area contributed by atoms with Crippen LogP contribution in [0.4, 0.5) is 13.2 Å². The summed E-state index contributed by atoms with van der Waals surface area (Å²) in [5.41, 5.74) is 5.39. The number of phenolic OH excluding ortho intramolecular Hbond substituents is 1. The van der Waals surface area contributed by atoms with E-state index in [9.17, 15) is 18.3 Å². The fourth-order valence-corrected chi connectivity index (χ4v) is 1.32. The van der Waals surface area contributed by atoms with Crippen LogP contribution in [0.1, 0.15) is 18.0 Å². The lowest BCUT2D eigenvalue weighted by molar-refractivity contribution is -0.138. The first-order valence-corrected chi connectivity index (χ1v) is 4.52. The van der Waals surface area contributed by atoms with Crippen LogP contribution in [0.5, 0.6) is 11.5 Å². The highest BCUT2D eigenvalue weighted by Crippen LogP contribution is 2.33. The summed E-state index contributed by atoms with van der Waals surface area (Å²) in [4.78, 5) is 0. The van der Waals surface area contributed by atoms with Gasteiger partial charge >= 0.3 is 6.18 Å². The second-order valence-corrected chi connectivity index (χ2v) is 3.35. The number of aromatic hydroxyl groups is 1. The predicted molar refractivity (Wildman–Crippen MR) is 59.5 cm³/mol. The van der Waals surface area contributed by atoms with Crippen molar-refractivity contribution in [2.24, 2.45) is 5.73 Å². The molecule has 0 heterocycles. The molecule has 98 valence electrons. The maximum Gasteiger partial charge on any atom is 0.390 e. The number of hydrogen-bond acceptors (Lipinski definition) is 3. The highest BCUT2D eigenvalue weighted by molar-refractivity contribution is 5.85. The third-order valence-electron chi connectivity index (χ3n) is 2.09. The van der Waals surface area contributed by atoms with Gasteiger partial charge in [0.1, 0.15) is 11.5 Å². The van der Waals surface area contributed by atoms with Crippen LogP contribution in [0, 0.1) is 0 Å². The first kappa shape index (κ1) is 15.9. The van der Waals surface area contributed by atoms with Crippen molar-refractivity contribution >= 4 is 12.4 Å². The van der Waals surface area contributed by atoms with Crippen LogP contribution in [0.3, 0.4) is 0 Å². The van der Waals surface area contributed by atoms with E-state index in [0.717, 1.165) is 0 Å². The molecule has 0 unspecified atom stereocenters. The number of phenols is 1. The maximum atomic E-state index is 12.1. The monoisotopic (exact) mass is 271 g/mol. The standard InChI is InChI=1S/C10H12F3NO2.ClH/c1-16-6-2-3-9(15)7(4-6)8(14)5-10(11,12)13;/h2-4,8,15H,5,14H2,1H3;1H/t8-;/m1./s1. The average Bonchev–Trinajstić information content (AvgIpc) is 2.15. The summed E-state index contributed by atoms with van der Waals surface area (Å²) in [6.07, 6.45) is -5.55. The van der Waals surface area contributed by atoms with Gasteiger partial charge in [-0.25, -0.2) is 0 Å². The molecule has 0 aliphatic rings. The molecule has 1 aromatic rings. The van der Waals surface area contributed by atoms with E-state index < -0.39 is 18.6 Å². The van der Waals surface area contributed by atoms with Crippen molar-refractivity contribution in [2.75, 3.05) is 7.11 Å². The summed E-state index contributed by atoms with van der Waals surface area (Å²) >= 11 is 0. The fourth-order valence-electron chi connectivity index (χ4n) is 1.32. The second kappa shape index (κ2) is 5.97.